The van der Waals surface area contributed by atoms with Gasteiger partial charge in [-0.05, 0) is 60.4 Å². The molecule has 3 heterocycles. The lowest BCUT2D eigenvalue weighted by Crippen LogP contribution is -2.47. The highest BCUT2D eigenvalue weighted by Crippen LogP contribution is 2.59. The number of nitrogens with zero attached hydrogens (tertiary/aromatic N) is 7. The van der Waals surface area contributed by atoms with Gasteiger partial charge >= 0.3 is 19.1 Å². The first-order valence-corrected chi connectivity index (χ1v) is 17.4. The second kappa shape index (κ2) is 14.4. The Labute approximate surface area is 316 Å². The summed E-state index contributed by atoms with van der Waals surface area (Å²) in [6.07, 6.45) is 2.97. The molecule has 2 aliphatic rings. The summed E-state index contributed by atoms with van der Waals surface area (Å²) in [6.45, 7) is -0.336. The molecule has 1 saturated carbocycles. The van der Waals surface area contributed by atoms with Crippen LogP contribution >= 0.6 is 0 Å². The minimum absolute atomic E-state index is 0.0860. The molecule has 1 aliphatic carbocycles. The van der Waals surface area contributed by atoms with Crippen LogP contribution in [0.4, 0.5) is 26.3 Å². The largest absolute Gasteiger partial charge is 0.463 e. The van der Waals surface area contributed by atoms with Gasteiger partial charge in [-0.25, -0.2) is 23.4 Å². The first kappa shape index (κ1) is 39.9. The van der Waals surface area contributed by atoms with Gasteiger partial charge in [0.1, 0.15) is 12.9 Å². The van der Waals surface area contributed by atoms with E-state index in [1.54, 1.807) is 24.3 Å². The van der Waals surface area contributed by atoms with E-state index in [1.165, 1.54) is 30.6 Å². The smallest absolute Gasteiger partial charge is 0.335 e. The lowest BCUT2D eigenvalue weighted by Gasteiger charge is -2.35. The van der Waals surface area contributed by atoms with E-state index >= 15 is 4.79 Å². The van der Waals surface area contributed by atoms with Gasteiger partial charge in [0.25, 0.3) is 11.8 Å². The molecule has 2 aromatic carbocycles. The summed E-state index contributed by atoms with van der Waals surface area (Å²) in [5, 5.41) is 7.21. The number of carbonyl (C=O) groups is 3. The van der Waals surface area contributed by atoms with Crippen LogP contribution in [0.1, 0.15) is 94.0 Å². The third-order valence-corrected chi connectivity index (χ3v) is 10.1. The van der Waals surface area contributed by atoms with Crippen LogP contribution in [0, 0.1) is 10.8 Å². The number of carbonyl (C=O) groups excluding carboxylic acids is 3. The topological polar surface area (TPSA) is 177 Å². The number of amides is 2. The fourth-order valence-corrected chi connectivity index (χ4v) is 7.10. The molecule has 4 N–H and O–H groups in total. The summed E-state index contributed by atoms with van der Waals surface area (Å²) in [5.74, 6) is -6.59. The molecular formula is C37H39F6N9O4. The fourth-order valence-electron chi connectivity index (χ4n) is 7.10. The van der Waals surface area contributed by atoms with E-state index in [0.29, 0.717) is 21.4 Å². The number of ether oxygens (including phenoxy) is 1. The fraction of sp³-hybridized carbons (Fsp3) is 0.432. The predicted molar refractivity (Wildman–Crippen MR) is 189 cm³/mol. The molecule has 4 aromatic rings. The third-order valence-electron chi connectivity index (χ3n) is 10.1. The summed E-state index contributed by atoms with van der Waals surface area (Å²) in [7, 11) is 0. The number of rotatable bonds is 14. The second-order valence-corrected chi connectivity index (χ2v) is 15.3. The van der Waals surface area contributed by atoms with Crippen molar-refractivity contribution in [2.24, 2.45) is 27.3 Å². The van der Waals surface area contributed by atoms with E-state index in [0.717, 1.165) is 18.2 Å². The van der Waals surface area contributed by atoms with Crippen molar-refractivity contribution in [3.8, 4) is 22.5 Å². The second-order valence-electron chi connectivity index (χ2n) is 15.3. The maximum absolute atomic E-state index is 15.0. The van der Waals surface area contributed by atoms with Crippen molar-refractivity contribution in [3.05, 3.63) is 77.9 Å². The summed E-state index contributed by atoms with van der Waals surface area (Å²) in [4.78, 5) is 50.4. The summed E-state index contributed by atoms with van der Waals surface area (Å²) >= 11 is 0. The Morgan fingerprint density at radius 2 is 1.64 bits per heavy atom. The van der Waals surface area contributed by atoms with Crippen LogP contribution in [0.3, 0.4) is 0 Å². The zero-order chi connectivity index (χ0) is 41.0. The van der Waals surface area contributed by atoms with Gasteiger partial charge in [0.15, 0.2) is 17.3 Å². The molecule has 19 heteroatoms. The van der Waals surface area contributed by atoms with Crippen LogP contribution < -0.4 is 11.5 Å². The maximum atomic E-state index is 15.0. The minimum atomic E-state index is -3.17. The van der Waals surface area contributed by atoms with Crippen LogP contribution in [0.25, 0.3) is 22.5 Å². The lowest BCUT2D eigenvalue weighted by atomic mass is 9.75. The Morgan fingerprint density at radius 3 is 2.20 bits per heavy atom. The van der Waals surface area contributed by atoms with Crippen molar-refractivity contribution in [2.75, 3.05) is 6.61 Å². The van der Waals surface area contributed by atoms with Gasteiger partial charge in [0.2, 0.25) is 5.91 Å². The van der Waals surface area contributed by atoms with Gasteiger partial charge < -0.3 is 16.2 Å². The summed E-state index contributed by atoms with van der Waals surface area (Å²) < 4.78 is 89.5. The van der Waals surface area contributed by atoms with E-state index < -0.39 is 78.1 Å². The highest BCUT2D eigenvalue weighted by Gasteiger charge is 2.60. The number of primary amides is 1. The number of hydrogen-bond donors (Lipinski definition) is 2. The monoisotopic (exact) mass is 787 g/mol. The standard InChI is InChI=1S/C37H39F6N9O4/c1-34(2,3)18-37(23-8-5-20(6-9-23)22-15-47-50(16-22)31(38)39)30(55)51(33(45)49-37)26(17-56-27(53)14-36(11-12-36)35(4,42)43)21-7-10-24(28(44)54)25(13-21)29-46-19-48-52(29)32(40)41/h5-10,13,15-16,19,26,31-32H,11-12,14,17-18H2,1-4H3,(H2,44,54)(H2,45,49)/t26-,37-/m1/s1. The van der Waals surface area contributed by atoms with Crippen molar-refractivity contribution < 1.29 is 45.5 Å². The average molecular weight is 788 g/mol. The van der Waals surface area contributed by atoms with E-state index in [4.69, 9.17) is 21.2 Å². The Bertz CT molecular complexity index is 2170. The van der Waals surface area contributed by atoms with E-state index in [2.05, 4.69) is 15.2 Å². The van der Waals surface area contributed by atoms with Crippen LogP contribution in [-0.2, 0) is 19.9 Å². The molecule has 298 valence electrons. The number of aromatic nitrogens is 5. The van der Waals surface area contributed by atoms with Crippen molar-refractivity contribution in [1.29, 1.82) is 0 Å². The van der Waals surface area contributed by atoms with Gasteiger partial charge in [-0.2, -0.15) is 32.4 Å². The normalized spacial score (nSPS) is 18.8. The SMILES string of the molecule is CC(C)(C)C[C@]1(c2ccc(-c3cnn(C(F)F)c3)cc2)N=C(N)N([C@H](COC(=O)CC2(C(C)(F)F)CC2)c2ccc(C(N)=O)c(-c3ncnn3C(F)F)c2)C1=O. The lowest BCUT2D eigenvalue weighted by molar-refractivity contribution is -0.153. The molecule has 0 radical (unpaired) electrons. The molecule has 0 bridgehead atoms. The molecule has 0 saturated heterocycles. The molecule has 1 fully saturated rings. The van der Waals surface area contributed by atoms with Gasteiger partial charge in [-0.3, -0.25) is 19.3 Å². The predicted octanol–water partition coefficient (Wildman–Crippen LogP) is 6.60. The molecule has 2 amide bonds. The maximum Gasteiger partial charge on any atom is 0.335 e. The Morgan fingerprint density at radius 1 is 0.964 bits per heavy atom. The van der Waals surface area contributed by atoms with Gasteiger partial charge in [-0.1, -0.05) is 51.1 Å². The summed E-state index contributed by atoms with van der Waals surface area (Å²) in [6, 6.07) is 8.90. The molecule has 13 nitrogen and oxygen atoms in total. The Kier molecular flexibility index (Phi) is 10.3. The van der Waals surface area contributed by atoms with Crippen LogP contribution in [-0.4, -0.2) is 65.7 Å². The molecule has 2 atom stereocenters. The van der Waals surface area contributed by atoms with E-state index in [1.807, 2.05) is 20.8 Å². The molecular weight excluding hydrogens is 748 g/mol. The van der Waals surface area contributed by atoms with Crippen molar-refractivity contribution in [2.45, 2.75) is 84.0 Å². The first-order chi connectivity index (χ1) is 26.2. The summed E-state index contributed by atoms with van der Waals surface area (Å²) in [5.41, 5.74) is 9.29. The number of esters is 1. The zero-order valence-electron chi connectivity index (χ0n) is 30.7. The van der Waals surface area contributed by atoms with E-state index in [-0.39, 0.29) is 46.6 Å². The number of benzene rings is 2. The highest BCUT2D eigenvalue weighted by molar-refractivity contribution is 6.08. The molecule has 0 spiro atoms. The number of halogens is 6. The number of guanidine groups is 1. The van der Waals surface area contributed by atoms with Crippen LogP contribution in [0.15, 0.2) is 66.2 Å². The molecule has 1 aliphatic heterocycles. The zero-order valence-corrected chi connectivity index (χ0v) is 30.7. The van der Waals surface area contributed by atoms with Crippen molar-refractivity contribution in [1.82, 2.24) is 29.4 Å². The highest BCUT2D eigenvalue weighted by atomic mass is 19.3. The minimum Gasteiger partial charge on any atom is -0.463 e. The van der Waals surface area contributed by atoms with E-state index in [9.17, 15) is 35.9 Å². The Hall–Kier alpha value is -5.75. The molecule has 2 aromatic heterocycles. The number of nitrogens with two attached hydrogens (primary N) is 2. The van der Waals surface area contributed by atoms with Gasteiger partial charge in [0, 0.05) is 22.7 Å². The molecule has 56 heavy (non-hydrogen) atoms. The van der Waals surface area contributed by atoms with Crippen molar-refractivity contribution in [3.63, 3.8) is 0 Å². The van der Waals surface area contributed by atoms with Crippen LogP contribution in [0.5, 0.6) is 0 Å². The quantitative estimate of drug-likeness (QED) is 0.106. The van der Waals surface area contributed by atoms with Gasteiger partial charge in [0.05, 0.1) is 24.2 Å². The number of alkyl halides is 6. The number of aliphatic imine (C=N–C) groups is 1. The third kappa shape index (κ3) is 7.58. The van der Waals surface area contributed by atoms with Crippen LogP contribution in [0.2, 0.25) is 0 Å². The van der Waals surface area contributed by atoms with Crippen molar-refractivity contribution >= 4 is 23.7 Å². The Balaban J connectivity index is 1.43. The first-order valence-electron chi connectivity index (χ1n) is 17.4. The average Bonchev–Trinajstić information content (AvgIpc) is 3.42. The number of hydrogen-bond acceptors (Lipinski definition) is 9. The molecule has 6 rings (SSSR count). The van der Waals surface area contributed by atoms with Gasteiger partial charge in [-0.15, -0.1) is 0 Å². The molecule has 0 unspecified atom stereocenters.